The van der Waals surface area contributed by atoms with Crippen molar-refractivity contribution in [3.63, 3.8) is 0 Å². The number of aliphatic hydroxyl groups excluding tert-OH is 2. The molecule has 0 fully saturated rings. The smallest absolute Gasteiger partial charge is 0.141 e. The number of aromatic nitrogens is 1. The second-order valence-electron chi connectivity index (χ2n) is 2.92. The Morgan fingerprint density at radius 3 is 2.92 bits per heavy atom. The summed E-state index contributed by atoms with van der Waals surface area (Å²) in [7, 11) is 0. The first kappa shape index (κ1) is 8.34. The second-order valence-corrected chi connectivity index (χ2v) is 2.92. The zero-order valence-electron chi connectivity index (χ0n) is 6.68. The zero-order chi connectivity index (χ0) is 9.42. The maximum Gasteiger partial charge on any atom is 0.141 e. The molecule has 0 saturated carbocycles. The molecule has 1 heterocycles. The van der Waals surface area contributed by atoms with Crippen LogP contribution in [0.5, 0.6) is 0 Å². The van der Waals surface area contributed by atoms with E-state index in [2.05, 4.69) is 4.98 Å². The van der Waals surface area contributed by atoms with Gasteiger partial charge in [0.2, 0.25) is 0 Å². The van der Waals surface area contributed by atoms with E-state index in [1.54, 1.807) is 6.08 Å². The highest BCUT2D eigenvalue weighted by Gasteiger charge is 2.23. The van der Waals surface area contributed by atoms with Gasteiger partial charge in [-0.3, -0.25) is 4.98 Å². The minimum atomic E-state index is -1.08. The molecule has 4 heteroatoms. The monoisotopic (exact) mass is 181 g/mol. The molecule has 0 amide bonds. The molecule has 0 spiro atoms. The highest BCUT2D eigenvalue weighted by atomic mass is 19.1. The zero-order valence-corrected chi connectivity index (χ0v) is 6.68. The lowest BCUT2D eigenvalue weighted by molar-refractivity contribution is 0.0464. The van der Waals surface area contributed by atoms with Gasteiger partial charge in [0.15, 0.2) is 0 Å². The SMILES string of the molecule is OC1C=Cc2ncc(F)cc2C1O. The molecule has 0 bridgehead atoms. The van der Waals surface area contributed by atoms with Crippen molar-refractivity contribution in [3.05, 3.63) is 35.4 Å². The van der Waals surface area contributed by atoms with E-state index in [0.29, 0.717) is 11.3 Å². The molecule has 2 unspecified atom stereocenters. The summed E-state index contributed by atoms with van der Waals surface area (Å²) >= 11 is 0. The Morgan fingerprint density at radius 2 is 2.15 bits per heavy atom. The van der Waals surface area contributed by atoms with E-state index in [4.69, 9.17) is 0 Å². The van der Waals surface area contributed by atoms with Crippen molar-refractivity contribution in [2.24, 2.45) is 0 Å². The topological polar surface area (TPSA) is 53.4 Å². The Hall–Kier alpha value is -1.26. The summed E-state index contributed by atoms with van der Waals surface area (Å²) in [6.45, 7) is 0. The van der Waals surface area contributed by atoms with Crippen molar-refractivity contribution in [1.29, 1.82) is 0 Å². The van der Waals surface area contributed by atoms with Crippen LogP contribution in [-0.2, 0) is 0 Å². The molecule has 2 N–H and O–H groups in total. The second kappa shape index (κ2) is 2.90. The highest BCUT2D eigenvalue weighted by Crippen LogP contribution is 2.26. The summed E-state index contributed by atoms with van der Waals surface area (Å²) in [4.78, 5) is 3.77. The molecular formula is C9H8FNO2. The van der Waals surface area contributed by atoms with Gasteiger partial charge in [-0.05, 0) is 12.1 Å². The summed E-state index contributed by atoms with van der Waals surface area (Å²) in [5.41, 5.74) is 0.828. The molecule has 0 aliphatic heterocycles. The van der Waals surface area contributed by atoms with E-state index in [1.165, 1.54) is 12.1 Å². The van der Waals surface area contributed by atoms with E-state index in [9.17, 15) is 14.6 Å². The number of hydrogen-bond acceptors (Lipinski definition) is 3. The molecule has 2 atom stereocenters. The van der Waals surface area contributed by atoms with E-state index < -0.39 is 18.0 Å². The Morgan fingerprint density at radius 1 is 1.38 bits per heavy atom. The largest absolute Gasteiger partial charge is 0.386 e. The summed E-state index contributed by atoms with van der Waals surface area (Å²) in [6, 6.07) is 1.18. The standard InChI is InChI=1S/C9H8FNO2/c10-5-3-6-7(11-4-5)1-2-8(12)9(6)13/h1-4,8-9,12-13H. The average molecular weight is 181 g/mol. The fourth-order valence-corrected chi connectivity index (χ4v) is 1.32. The minimum absolute atomic E-state index is 0.329. The van der Waals surface area contributed by atoms with Gasteiger partial charge in [0.25, 0.3) is 0 Å². The fraction of sp³-hybridized carbons (Fsp3) is 0.222. The Kier molecular flexibility index (Phi) is 1.86. The van der Waals surface area contributed by atoms with Crippen LogP contribution in [-0.4, -0.2) is 21.3 Å². The number of nitrogens with zero attached hydrogens (tertiary/aromatic N) is 1. The number of pyridine rings is 1. The van der Waals surface area contributed by atoms with E-state index >= 15 is 0 Å². The summed E-state index contributed by atoms with van der Waals surface area (Å²) in [6.07, 6.45) is 2.01. The number of hydrogen-bond donors (Lipinski definition) is 2. The number of aliphatic hydroxyl groups is 2. The molecule has 0 aromatic carbocycles. The van der Waals surface area contributed by atoms with Gasteiger partial charge < -0.3 is 10.2 Å². The van der Waals surface area contributed by atoms with Gasteiger partial charge in [0.05, 0.1) is 11.9 Å². The van der Waals surface area contributed by atoms with Crippen molar-refractivity contribution in [1.82, 2.24) is 4.98 Å². The van der Waals surface area contributed by atoms with Crippen molar-refractivity contribution in [2.75, 3.05) is 0 Å². The van der Waals surface area contributed by atoms with Crippen LogP contribution in [0.1, 0.15) is 17.4 Å². The van der Waals surface area contributed by atoms with Gasteiger partial charge in [-0.15, -0.1) is 0 Å². The molecule has 0 saturated heterocycles. The maximum absolute atomic E-state index is 12.7. The number of fused-ring (bicyclic) bond motifs is 1. The molecule has 3 nitrogen and oxygen atoms in total. The first-order valence-corrected chi connectivity index (χ1v) is 3.88. The van der Waals surface area contributed by atoms with Crippen LogP contribution in [0.15, 0.2) is 18.3 Å². The predicted molar refractivity (Wildman–Crippen MR) is 44.2 cm³/mol. The van der Waals surface area contributed by atoms with Crippen molar-refractivity contribution in [2.45, 2.75) is 12.2 Å². The summed E-state index contributed by atoms with van der Waals surface area (Å²) in [5.74, 6) is -0.514. The van der Waals surface area contributed by atoms with Gasteiger partial charge in [0, 0.05) is 5.56 Å². The lowest BCUT2D eigenvalue weighted by atomic mass is 9.97. The predicted octanol–water partition coefficient (Wildman–Crippen LogP) is 0.642. The average Bonchev–Trinajstić information content (AvgIpc) is 2.12. The molecule has 1 aliphatic carbocycles. The normalized spacial score (nSPS) is 25.8. The lowest BCUT2D eigenvalue weighted by Gasteiger charge is -2.20. The van der Waals surface area contributed by atoms with Gasteiger partial charge in [-0.2, -0.15) is 0 Å². The van der Waals surface area contributed by atoms with Gasteiger partial charge in [-0.1, -0.05) is 6.08 Å². The molecule has 2 rings (SSSR count). The number of halogens is 1. The van der Waals surface area contributed by atoms with Gasteiger partial charge in [-0.25, -0.2) is 4.39 Å². The molecule has 1 aromatic heterocycles. The Bertz CT molecular complexity index is 365. The molecule has 1 aromatic rings. The quantitative estimate of drug-likeness (QED) is 0.617. The third-order valence-corrected chi connectivity index (χ3v) is 2.01. The van der Waals surface area contributed by atoms with Crippen LogP contribution in [0.3, 0.4) is 0 Å². The van der Waals surface area contributed by atoms with E-state index in [-0.39, 0.29) is 0 Å². The van der Waals surface area contributed by atoms with Crippen molar-refractivity contribution >= 4 is 6.08 Å². The number of rotatable bonds is 0. The van der Waals surface area contributed by atoms with Crippen LogP contribution >= 0.6 is 0 Å². The first-order valence-electron chi connectivity index (χ1n) is 3.88. The summed E-state index contributed by atoms with van der Waals surface area (Å²) < 4.78 is 12.7. The third-order valence-electron chi connectivity index (χ3n) is 2.01. The maximum atomic E-state index is 12.7. The first-order chi connectivity index (χ1) is 6.18. The Balaban J connectivity index is 2.54. The molecule has 13 heavy (non-hydrogen) atoms. The van der Waals surface area contributed by atoms with Gasteiger partial charge >= 0.3 is 0 Å². The van der Waals surface area contributed by atoms with Crippen LogP contribution in [0.4, 0.5) is 4.39 Å². The van der Waals surface area contributed by atoms with Crippen molar-refractivity contribution < 1.29 is 14.6 Å². The molecule has 1 aliphatic rings. The molecule has 0 radical (unpaired) electrons. The van der Waals surface area contributed by atoms with Gasteiger partial charge in [0.1, 0.15) is 18.0 Å². The van der Waals surface area contributed by atoms with Crippen LogP contribution in [0.2, 0.25) is 0 Å². The summed E-state index contributed by atoms with van der Waals surface area (Å²) in [5, 5.41) is 18.7. The van der Waals surface area contributed by atoms with Crippen LogP contribution in [0.25, 0.3) is 6.08 Å². The van der Waals surface area contributed by atoms with Crippen LogP contribution < -0.4 is 0 Å². The van der Waals surface area contributed by atoms with Crippen LogP contribution in [0, 0.1) is 5.82 Å². The molecular weight excluding hydrogens is 173 g/mol. The minimum Gasteiger partial charge on any atom is -0.386 e. The third kappa shape index (κ3) is 1.34. The highest BCUT2D eigenvalue weighted by molar-refractivity contribution is 5.54. The van der Waals surface area contributed by atoms with E-state index in [0.717, 1.165) is 6.20 Å². The van der Waals surface area contributed by atoms with E-state index in [1.807, 2.05) is 0 Å². The fourth-order valence-electron chi connectivity index (χ4n) is 1.32. The lowest BCUT2D eigenvalue weighted by Crippen LogP contribution is -2.20. The Labute approximate surface area is 74.2 Å². The molecule has 68 valence electrons. The van der Waals surface area contributed by atoms with Crippen molar-refractivity contribution in [3.8, 4) is 0 Å².